The molecule has 0 N–H and O–H groups in total. The topological polar surface area (TPSA) is 9.23 Å². The second-order valence-electron chi connectivity index (χ2n) is 3.87. The fraction of sp³-hybridized carbons (Fsp3) is 0.600. The van der Waals surface area contributed by atoms with E-state index in [0.29, 0.717) is 0 Å². The number of hydrogen-bond donors (Lipinski definition) is 0. The van der Waals surface area contributed by atoms with Crippen LogP contribution in [0.3, 0.4) is 0 Å². The van der Waals surface area contributed by atoms with E-state index >= 15 is 0 Å². The van der Waals surface area contributed by atoms with E-state index in [1.807, 2.05) is 38.1 Å². The first-order chi connectivity index (χ1) is 7.76. The Morgan fingerprint density at radius 3 is 1.88 bits per heavy atom. The second-order valence-corrected chi connectivity index (χ2v) is 3.87. The fourth-order valence-electron chi connectivity index (χ4n) is 1.20. The SMILES string of the molecule is CC.CCC1CC1.COc1ccc(C)cc1. The molecule has 1 aliphatic rings. The molecule has 1 aliphatic carbocycles. The highest BCUT2D eigenvalue weighted by atomic mass is 16.5. The molecule has 0 saturated heterocycles. The zero-order valence-corrected chi connectivity index (χ0v) is 11.4. The Hall–Kier alpha value is -0.980. The molecule has 2 rings (SSSR count). The van der Waals surface area contributed by atoms with Crippen molar-refractivity contribution in [2.75, 3.05) is 7.11 Å². The molecule has 0 amide bonds. The highest BCUT2D eigenvalue weighted by Crippen LogP contribution is 2.31. The average Bonchev–Trinajstić information content (AvgIpc) is 3.17. The molecule has 1 aromatic rings. The maximum Gasteiger partial charge on any atom is 0.118 e. The first kappa shape index (κ1) is 15.0. The lowest BCUT2D eigenvalue weighted by molar-refractivity contribution is 0.414. The molecule has 1 fully saturated rings. The maximum absolute atomic E-state index is 4.97. The van der Waals surface area contributed by atoms with Crippen LogP contribution in [-0.4, -0.2) is 7.11 Å². The molecular weight excluding hydrogens is 196 g/mol. The summed E-state index contributed by atoms with van der Waals surface area (Å²) in [7, 11) is 1.67. The first-order valence-corrected chi connectivity index (χ1v) is 6.37. The van der Waals surface area contributed by atoms with Crippen LogP contribution >= 0.6 is 0 Å². The minimum atomic E-state index is 0.917. The Morgan fingerprint density at radius 2 is 1.62 bits per heavy atom. The Labute approximate surface area is 101 Å². The van der Waals surface area contributed by atoms with Gasteiger partial charge >= 0.3 is 0 Å². The number of benzene rings is 1. The number of hydrogen-bond acceptors (Lipinski definition) is 1. The van der Waals surface area contributed by atoms with Gasteiger partial charge in [0.15, 0.2) is 0 Å². The third kappa shape index (κ3) is 7.33. The molecule has 0 unspecified atom stereocenters. The fourth-order valence-corrected chi connectivity index (χ4v) is 1.20. The summed E-state index contributed by atoms with van der Waals surface area (Å²) in [6.07, 6.45) is 4.44. The normalized spacial score (nSPS) is 12.8. The van der Waals surface area contributed by atoms with Gasteiger partial charge in [-0.05, 0) is 25.0 Å². The summed E-state index contributed by atoms with van der Waals surface area (Å²) in [5.74, 6) is 2.05. The van der Waals surface area contributed by atoms with Crippen molar-refractivity contribution in [3.05, 3.63) is 29.8 Å². The van der Waals surface area contributed by atoms with Crippen LogP contribution in [0.15, 0.2) is 24.3 Å². The molecule has 0 aliphatic heterocycles. The van der Waals surface area contributed by atoms with Gasteiger partial charge in [-0.1, -0.05) is 57.7 Å². The van der Waals surface area contributed by atoms with Gasteiger partial charge in [-0.15, -0.1) is 0 Å². The van der Waals surface area contributed by atoms with E-state index in [4.69, 9.17) is 4.74 Å². The zero-order valence-electron chi connectivity index (χ0n) is 11.4. The summed E-state index contributed by atoms with van der Waals surface area (Å²) >= 11 is 0. The first-order valence-electron chi connectivity index (χ1n) is 6.37. The molecule has 1 heteroatoms. The van der Waals surface area contributed by atoms with Crippen LogP contribution in [0.5, 0.6) is 5.75 Å². The summed E-state index contributed by atoms with van der Waals surface area (Å²) in [5.41, 5.74) is 1.26. The van der Waals surface area contributed by atoms with Crippen LogP contribution in [-0.2, 0) is 0 Å². The van der Waals surface area contributed by atoms with Gasteiger partial charge in [0.1, 0.15) is 5.75 Å². The molecule has 92 valence electrons. The number of methoxy groups -OCH3 is 1. The highest BCUT2D eigenvalue weighted by molar-refractivity contribution is 5.25. The Kier molecular flexibility index (Phi) is 8.69. The highest BCUT2D eigenvalue weighted by Gasteiger charge is 2.17. The molecule has 0 heterocycles. The molecule has 1 nitrogen and oxygen atoms in total. The van der Waals surface area contributed by atoms with Gasteiger partial charge in [0.25, 0.3) is 0 Å². The lowest BCUT2D eigenvalue weighted by Gasteiger charge is -1.97. The summed E-state index contributed by atoms with van der Waals surface area (Å²) < 4.78 is 4.97. The van der Waals surface area contributed by atoms with E-state index < -0.39 is 0 Å². The molecular formula is C15H26O. The van der Waals surface area contributed by atoms with E-state index in [0.717, 1.165) is 11.7 Å². The van der Waals surface area contributed by atoms with E-state index in [9.17, 15) is 0 Å². The molecule has 16 heavy (non-hydrogen) atoms. The van der Waals surface area contributed by atoms with Gasteiger partial charge in [0.05, 0.1) is 7.11 Å². The van der Waals surface area contributed by atoms with E-state index in [1.54, 1.807) is 7.11 Å². The Morgan fingerprint density at radius 1 is 1.12 bits per heavy atom. The van der Waals surface area contributed by atoms with Crippen LogP contribution in [0.2, 0.25) is 0 Å². The van der Waals surface area contributed by atoms with E-state index in [2.05, 4.69) is 13.8 Å². The van der Waals surface area contributed by atoms with Crippen molar-refractivity contribution in [1.82, 2.24) is 0 Å². The van der Waals surface area contributed by atoms with E-state index in [-0.39, 0.29) is 0 Å². The van der Waals surface area contributed by atoms with Crippen molar-refractivity contribution in [1.29, 1.82) is 0 Å². The molecule has 1 saturated carbocycles. The van der Waals surface area contributed by atoms with Crippen LogP contribution < -0.4 is 4.74 Å². The lowest BCUT2D eigenvalue weighted by Crippen LogP contribution is -1.80. The van der Waals surface area contributed by atoms with Gasteiger partial charge in [0, 0.05) is 0 Å². The minimum Gasteiger partial charge on any atom is -0.497 e. The summed E-state index contributed by atoms with van der Waals surface area (Å²) in [6, 6.07) is 7.96. The van der Waals surface area contributed by atoms with Crippen molar-refractivity contribution in [2.24, 2.45) is 5.92 Å². The van der Waals surface area contributed by atoms with Crippen LogP contribution in [0.1, 0.15) is 45.6 Å². The molecule has 0 atom stereocenters. The standard InChI is InChI=1S/C8H10O.C5H10.C2H6/c1-7-3-5-8(9-2)6-4-7;1-2-5-3-4-5;1-2/h3-6H,1-2H3;5H,2-4H2,1H3;1-2H3. The molecule has 0 bridgehead atoms. The smallest absolute Gasteiger partial charge is 0.118 e. The maximum atomic E-state index is 4.97. The van der Waals surface area contributed by atoms with Crippen molar-refractivity contribution in [2.45, 2.75) is 47.0 Å². The third-order valence-corrected chi connectivity index (χ3v) is 2.53. The van der Waals surface area contributed by atoms with Crippen molar-refractivity contribution in [3.63, 3.8) is 0 Å². The Balaban J connectivity index is 0.000000272. The van der Waals surface area contributed by atoms with Gasteiger partial charge in [-0.2, -0.15) is 0 Å². The summed E-state index contributed by atoms with van der Waals surface area (Å²) in [4.78, 5) is 0. The van der Waals surface area contributed by atoms with Gasteiger partial charge in [-0.25, -0.2) is 0 Å². The average molecular weight is 222 g/mol. The molecule has 1 aromatic carbocycles. The van der Waals surface area contributed by atoms with Gasteiger partial charge < -0.3 is 4.74 Å². The molecule has 0 spiro atoms. The third-order valence-electron chi connectivity index (χ3n) is 2.53. The van der Waals surface area contributed by atoms with Gasteiger partial charge in [0.2, 0.25) is 0 Å². The molecule has 0 aromatic heterocycles. The number of rotatable bonds is 2. The largest absolute Gasteiger partial charge is 0.497 e. The van der Waals surface area contributed by atoms with E-state index in [1.165, 1.54) is 24.8 Å². The quantitative estimate of drug-likeness (QED) is 0.696. The van der Waals surface area contributed by atoms with Crippen LogP contribution in [0, 0.1) is 12.8 Å². The van der Waals surface area contributed by atoms with Gasteiger partial charge in [-0.3, -0.25) is 0 Å². The second kappa shape index (κ2) is 9.26. The van der Waals surface area contributed by atoms with Crippen molar-refractivity contribution < 1.29 is 4.74 Å². The molecule has 0 radical (unpaired) electrons. The predicted octanol–water partition coefficient (Wildman–Crippen LogP) is 4.84. The monoisotopic (exact) mass is 222 g/mol. The van der Waals surface area contributed by atoms with Crippen LogP contribution in [0.25, 0.3) is 0 Å². The summed E-state index contributed by atoms with van der Waals surface area (Å²) in [6.45, 7) is 8.32. The lowest BCUT2D eigenvalue weighted by atomic mass is 10.2. The number of aryl methyl sites for hydroxylation is 1. The predicted molar refractivity (Wildman–Crippen MR) is 72.1 cm³/mol. The van der Waals surface area contributed by atoms with Crippen molar-refractivity contribution >= 4 is 0 Å². The summed E-state index contributed by atoms with van der Waals surface area (Å²) in [5, 5.41) is 0. The zero-order chi connectivity index (χ0) is 12.4. The number of ether oxygens (including phenoxy) is 1. The minimum absolute atomic E-state index is 0.917. The van der Waals surface area contributed by atoms with Crippen LogP contribution in [0.4, 0.5) is 0 Å². The Bertz CT molecular complexity index is 247. The van der Waals surface area contributed by atoms with Crippen molar-refractivity contribution in [3.8, 4) is 5.75 Å².